The molecule has 1 saturated carbocycles. The van der Waals surface area contributed by atoms with Crippen molar-refractivity contribution in [1.29, 1.82) is 0 Å². The van der Waals surface area contributed by atoms with Crippen LogP contribution in [0.15, 0.2) is 52.1 Å². The van der Waals surface area contributed by atoms with Gasteiger partial charge in [-0.3, -0.25) is 14.7 Å². The molecule has 1 aliphatic carbocycles. The van der Waals surface area contributed by atoms with Crippen molar-refractivity contribution in [1.82, 2.24) is 20.2 Å². The predicted molar refractivity (Wildman–Crippen MR) is 103 cm³/mol. The van der Waals surface area contributed by atoms with Crippen molar-refractivity contribution in [3.05, 3.63) is 64.3 Å². The summed E-state index contributed by atoms with van der Waals surface area (Å²) in [6.07, 6.45) is 5.58. The van der Waals surface area contributed by atoms with Gasteiger partial charge in [-0.1, -0.05) is 6.07 Å². The highest BCUT2D eigenvalue weighted by Crippen LogP contribution is 2.39. The molecule has 0 aliphatic heterocycles. The Morgan fingerprint density at radius 3 is 2.93 bits per heavy atom. The molecule has 3 N–H and O–H groups in total. The number of anilines is 1. The van der Waals surface area contributed by atoms with Crippen molar-refractivity contribution in [2.24, 2.45) is 0 Å². The highest BCUT2D eigenvalue weighted by Gasteiger charge is 2.25. The minimum absolute atomic E-state index is 0.142. The van der Waals surface area contributed by atoms with E-state index in [-0.39, 0.29) is 17.8 Å². The molecule has 1 amide bonds. The minimum atomic E-state index is -0.188. The zero-order chi connectivity index (χ0) is 19.1. The zero-order valence-corrected chi connectivity index (χ0v) is 14.9. The number of hydrogen-bond donors (Lipinski definition) is 3. The van der Waals surface area contributed by atoms with Crippen molar-refractivity contribution in [2.45, 2.75) is 25.2 Å². The number of fused-ring (bicyclic) bond motifs is 1. The first-order valence-corrected chi connectivity index (χ1v) is 9.06. The number of H-pyrrole nitrogens is 2. The maximum atomic E-state index is 12.5. The monoisotopic (exact) mass is 375 g/mol. The molecular formula is C20H17N5O3. The van der Waals surface area contributed by atoms with Crippen LogP contribution in [0.1, 0.15) is 30.0 Å². The third-order valence-corrected chi connectivity index (χ3v) is 4.80. The summed E-state index contributed by atoms with van der Waals surface area (Å²) in [5, 5.41) is 10.3. The lowest BCUT2D eigenvalue weighted by Gasteiger charge is -2.05. The number of carbonyl (C=O) groups is 1. The van der Waals surface area contributed by atoms with Crippen LogP contribution in [0.4, 0.5) is 5.82 Å². The lowest BCUT2D eigenvalue weighted by molar-refractivity contribution is -0.115. The number of rotatable bonds is 5. The predicted octanol–water partition coefficient (Wildman–Crippen LogP) is 2.96. The highest BCUT2D eigenvalue weighted by molar-refractivity contribution is 5.92. The van der Waals surface area contributed by atoms with Crippen LogP contribution in [-0.4, -0.2) is 26.1 Å². The summed E-state index contributed by atoms with van der Waals surface area (Å²) in [7, 11) is 0. The molecule has 28 heavy (non-hydrogen) atoms. The van der Waals surface area contributed by atoms with Gasteiger partial charge < -0.3 is 14.7 Å². The number of amides is 1. The van der Waals surface area contributed by atoms with Crippen LogP contribution in [0.2, 0.25) is 0 Å². The van der Waals surface area contributed by atoms with Gasteiger partial charge in [-0.15, -0.1) is 0 Å². The smallest absolute Gasteiger partial charge is 0.229 e. The molecule has 3 aromatic heterocycles. The maximum Gasteiger partial charge on any atom is 0.229 e. The van der Waals surface area contributed by atoms with Crippen LogP contribution in [0.5, 0.6) is 0 Å². The summed E-state index contributed by atoms with van der Waals surface area (Å²) in [4.78, 5) is 31.7. The topological polar surface area (TPSA) is 117 Å². The number of nitrogens with one attached hydrogen (secondary N) is 3. The Labute approximate surface area is 159 Å². The number of hydrogen-bond acceptors (Lipinski definition) is 5. The maximum absolute atomic E-state index is 12.5. The van der Waals surface area contributed by atoms with E-state index in [0.717, 1.165) is 24.1 Å². The molecule has 0 atom stereocenters. The third kappa shape index (κ3) is 3.20. The number of aromatic nitrogens is 4. The van der Waals surface area contributed by atoms with E-state index in [0.29, 0.717) is 34.2 Å². The average molecular weight is 375 g/mol. The third-order valence-electron chi connectivity index (χ3n) is 4.80. The van der Waals surface area contributed by atoms with Crippen molar-refractivity contribution < 1.29 is 9.21 Å². The van der Waals surface area contributed by atoms with E-state index in [4.69, 9.17) is 4.42 Å². The molecule has 0 spiro atoms. The van der Waals surface area contributed by atoms with E-state index in [9.17, 15) is 9.59 Å². The normalized spacial score (nSPS) is 13.7. The fourth-order valence-electron chi connectivity index (χ4n) is 3.21. The Bertz CT molecular complexity index is 1220. The van der Waals surface area contributed by atoms with Crippen LogP contribution in [0.25, 0.3) is 22.4 Å². The average Bonchev–Trinajstić information content (AvgIpc) is 3.18. The van der Waals surface area contributed by atoms with Gasteiger partial charge in [-0.2, -0.15) is 5.10 Å². The van der Waals surface area contributed by atoms with Crippen LogP contribution in [-0.2, 0) is 11.2 Å². The van der Waals surface area contributed by atoms with E-state index in [1.807, 2.05) is 6.07 Å². The molecule has 140 valence electrons. The van der Waals surface area contributed by atoms with Crippen LogP contribution >= 0.6 is 0 Å². The summed E-state index contributed by atoms with van der Waals surface area (Å²) in [6.45, 7) is 0. The molecule has 5 rings (SSSR count). The Morgan fingerprint density at radius 2 is 2.14 bits per heavy atom. The molecule has 1 fully saturated rings. The van der Waals surface area contributed by atoms with Gasteiger partial charge in [0.2, 0.25) is 5.91 Å². The van der Waals surface area contributed by atoms with Gasteiger partial charge in [-0.25, -0.2) is 4.98 Å². The van der Waals surface area contributed by atoms with Gasteiger partial charge in [0.05, 0.1) is 24.3 Å². The van der Waals surface area contributed by atoms with Gasteiger partial charge in [0.1, 0.15) is 11.3 Å². The van der Waals surface area contributed by atoms with Gasteiger partial charge in [0.25, 0.3) is 0 Å². The standard InChI is InChI=1S/C20H17N5O3/c26-16-8-18(15-9-21-10-22-15)28-17-4-1-11(5-13(16)17)6-20(27)23-19-7-14(24-25-19)12-2-3-12/h1,4-5,7-10,12H,2-3,6H2,(H,21,22)(H2,23,24,25,27). The van der Waals surface area contributed by atoms with Gasteiger partial charge >= 0.3 is 0 Å². The molecule has 8 heteroatoms. The van der Waals surface area contributed by atoms with Crippen LogP contribution < -0.4 is 10.7 Å². The Hall–Kier alpha value is -3.68. The summed E-state index contributed by atoms with van der Waals surface area (Å²) in [5.74, 6) is 1.30. The van der Waals surface area contributed by atoms with Gasteiger partial charge in [0.15, 0.2) is 17.0 Å². The Balaban J connectivity index is 1.35. The lowest BCUT2D eigenvalue weighted by Crippen LogP contribution is -2.15. The summed E-state index contributed by atoms with van der Waals surface area (Å²) < 4.78 is 5.79. The Kier molecular flexibility index (Phi) is 3.82. The second kappa shape index (κ2) is 6.49. The first kappa shape index (κ1) is 16.5. The van der Waals surface area contributed by atoms with Crippen LogP contribution in [0, 0.1) is 0 Å². The van der Waals surface area contributed by atoms with E-state index in [1.54, 1.807) is 24.4 Å². The molecule has 8 nitrogen and oxygen atoms in total. The largest absolute Gasteiger partial charge is 0.454 e. The van der Waals surface area contributed by atoms with Crippen molar-refractivity contribution >= 4 is 22.7 Å². The second-order valence-electron chi connectivity index (χ2n) is 6.98. The van der Waals surface area contributed by atoms with Gasteiger partial charge in [-0.05, 0) is 30.5 Å². The van der Waals surface area contributed by atoms with Crippen molar-refractivity contribution in [3.63, 3.8) is 0 Å². The highest BCUT2D eigenvalue weighted by atomic mass is 16.3. The molecule has 1 aliphatic rings. The van der Waals surface area contributed by atoms with E-state index >= 15 is 0 Å². The second-order valence-corrected chi connectivity index (χ2v) is 6.98. The fraction of sp³-hybridized carbons (Fsp3) is 0.200. The molecule has 3 heterocycles. The summed E-state index contributed by atoms with van der Waals surface area (Å²) in [5.41, 5.74) is 2.71. The molecule has 0 bridgehead atoms. The first-order valence-electron chi connectivity index (χ1n) is 9.06. The fourth-order valence-corrected chi connectivity index (χ4v) is 3.21. The Morgan fingerprint density at radius 1 is 1.25 bits per heavy atom. The number of imidazole rings is 1. The summed E-state index contributed by atoms with van der Waals surface area (Å²) >= 11 is 0. The SMILES string of the molecule is O=C(Cc1ccc2oc(-c3cnc[nH]3)cc(=O)c2c1)Nc1cc(C2CC2)[nH]n1. The number of carbonyl (C=O) groups excluding carboxylic acids is 1. The van der Waals surface area contributed by atoms with E-state index in [1.165, 1.54) is 12.4 Å². The number of nitrogens with zero attached hydrogens (tertiary/aromatic N) is 2. The number of aromatic amines is 2. The quantitative estimate of drug-likeness (QED) is 0.496. The molecule has 0 unspecified atom stereocenters. The van der Waals surface area contributed by atoms with Gasteiger partial charge in [0, 0.05) is 23.7 Å². The van der Waals surface area contributed by atoms with E-state index in [2.05, 4.69) is 25.5 Å². The molecule has 0 radical (unpaired) electrons. The van der Waals surface area contributed by atoms with Crippen molar-refractivity contribution in [3.8, 4) is 11.5 Å². The minimum Gasteiger partial charge on any atom is -0.454 e. The van der Waals surface area contributed by atoms with Crippen molar-refractivity contribution in [2.75, 3.05) is 5.32 Å². The molecule has 4 aromatic rings. The molecule has 1 aromatic carbocycles. The molecule has 0 saturated heterocycles. The zero-order valence-electron chi connectivity index (χ0n) is 14.9. The molecular weight excluding hydrogens is 358 g/mol. The first-order chi connectivity index (χ1) is 13.7. The lowest BCUT2D eigenvalue weighted by atomic mass is 10.1. The van der Waals surface area contributed by atoms with E-state index < -0.39 is 0 Å². The van der Waals surface area contributed by atoms with Crippen LogP contribution in [0.3, 0.4) is 0 Å². The summed E-state index contributed by atoms with van der Waals surface area (Å²) in [6, 6.07) is 8.47. The number of benzene rings is 1.